The number of primary amides is 1. The number of rotatable bonds is 8. The predicted octanol–water partition coefficient (Wildman–Crippen LogP) is 0.760. The van der Waals surface area contributed by atoms with Gasteiger partial charge in [-0.25, -0.2) is 0 Å². The van der Waals surface area contributed by atoms with Crippen molar-refractivity contribution in [1.82, 2.24) is 10.2 Å². The fourth-order valence-corrected chi connectivity index (χ4v) is 3.60. The van der Waals surface area contributed by atoms with Crippen LogP contribution in [0.5, 0.6) is 5.75 Å². The highest BCUT2D eigenvalue weighted by Crippen LogP contribution is 2.19. The van der Waals surface area contributed by atoms with Crippen LogP contribution < -0.4 is 15.8 Å². The standard InChI is InChI=1S/C23H27N3O5/c1-15(27)26-13-18(28)12-21(26)23(30)25-20(22(24)29)11-16-7-9-19(10-8-16)31-14-17-5-3-2-4-6-17/h2-10,18,20-21,28H,11-14H2,1H3,(H2,24,29)(H,25,30)/t18-,20+,21+/m1/s1. The summed E-state index contributed by atoms with van der Waals surface area (Å²) in [6.07, 6.45) is -0.435. The van der Waals surface area contributed by atoms with Gasteiger partial charge < -0.3 is 25.8 Å². The highest BCUT2D eigenvalue weighted by molar-refractivity contribution is 5.91. The third-order valence-corrected chi connectivity index (χ3v) is 5.26. The normalized spacial score (nSPS) is 19.0. The van der Waals surface area contributed by atoms with Gasteiger partial charge in [0.2, 0.25) is 17.7 Å². The van der Waals surface area contributed by atoms with Crippen molar-refractivity contribution in [3.63, 3.8) is 0 Å². The monoisotopic (exact) mass is 425 g/mol. The van der Waals surface area contributed by atoms with E-state index in [1.54, 1.807) is 12.1 Å². The lowest BCUT2D eigenvalue weighted by Crippen LogP contribution is -2.52. The summed E-state index contributed by atoms with van der Waals surface area (Å²) >= 11 is 0. The number of amides is 3. The Kier molecular flexibility index (Phi) is 7.25. The number of nitrogens with one attached hydrogen (secondary N) is 1. The van der Waals surface area contributed by atoms with E-state index in [0.717, 1.165) is 11.1 Å². The van der Waals surface area contributed by atoms with Crippen molar-refractivity contribution in [3.05, 3.63) is 65.7 Å². The summed E-state index contributed by atoms with van der Waals surface area (Å²) in [7, 11) is 0. The zero-order valence-electron chi connectivity index (χ0n) is 17.4. The molecule has 8 nitrogen and oxygen atoms in total. The van der Waals surface area contributed by atoms with Crippen molar-refractivity contribution in [1.29, 1.82) is 0 Å². The van der Waals surface area contributed by atoms with Crippen molar-refractivity contribution in [2.24, 2.45) is 5.73 Å². The number of carbonyl (C=O) groups excluding carboxylic acids is 3. The van der Waals surface area contributed by atoms with Gasteiger partial charge in [0.05, 0.1) is 6.10 Å². The molecule has 31 heavy (non-hydrogen) atoms. The fraction of sp³-hybridized carbons (Fsp3) is 0.348. The Hall–Kier alpha value is -3.39. The molecule has 3 atom stereocenters. The van der Waals surface area contributed by atoms with Gasteiger partial charge in [0, 0.05) is 26.3 Å². The third-order valence-electron chi connectivity index (χ3n) is 5.26. The molecule has 1 heterocycles. The molecule has 4 N–H and O–H groups in total. The second kappa shape index (κ2) is 10.1. The van der Waals surface area contributed by atoms with Crippen LogP contribution in [-0.4, -0.2) is 52.5 Å². The van der Waals surface area contributed by atoms with Gasteiger partial charge in [-0.2, -0.15) is 0 Å². The number of likely N-dealkylation sites (tertiary alicyclic amines) is 1. The van der Waals surface area contributed by atoms with E-state index in [0.29, 0.717) is 12.4 Å². The molecule has 3 rings (SSSR count). The van der Waals surface area contributed by atoms with Crippen LogP contribution in [0.25, 0.3) is 0 Å². The van der Waals surface area contributed by atoms with E-state index in [2.05, 4.69) is 5.32 Å². The molecule has 0 saturated carbocycles. The molecule has 0 aliphatic carbocycles. The van der Waals surface area contributed by atoms with Gasteiger partial charge in [-0.15, -0.1) is 0 Å². The smallest absolute Gasteiger partial charge is 0.243 e. The highest BCUT2D eigenvalue weighted by Gasteiger charge is 2.38. The first-order valence-corrected chi connectivity index (χ1v) is 10.1. The first-order chi connectivity index (χ1) is 14.8. The minimum absolute atomic E-state index is 0.0963. The van der Waals surface area contributed by atoms with Crippen LogP contribution >= 0.6 is 0 Å². The molecule has 0 unspecified atom stereocenters. The Bertz CT molecular complexity index is 917. The number of aliphatic hydroxyl groups excluding tert-OH is 1. The molecule has 1 aliphatic rings. The Morgan fingerprint density at radius 1 is 1.13 bits per heavy atom. The van der Waals surface area contributed by atoms with Gasteiger partial charge in [0.15, 0.2) is 0 Å². The maximum atomic E-state index is 12.6. The maximum Gasteiger partial charge on any atom is 0.243 e. The second-order valence-electron chi connectivity index (χ2n) is 7.66. The number of hydrogen-bond acceptors (Lipinski definition) is 5. The number of carbonyl (C=O) groups is 3. The summed E-state index contributed by atoms with van der Waals surface area (Å²) in [6, 6.07) is 15.2. The SMILES string of the molecule is CC(=O)N1C[C@H](O)C[C@H]1C(=O)N[C@@H](Cc1ccc(OCc2ccccc2)cc1)C(N)=O. The molecule has 3 amide bonds. The van der Waals surface area contributed by atoms with E-state index in [9.17, 15) is 19.5 Å². The van der Waals surface area contributed by atoms with Crippen molar-refractivity contribution in [2.75, 3.05) is 6.54 Å². The molecule has 164 valence electrons. The number of nitrogens with zero attached hydrogens (tertiary/aromatic N) is 1. The minimum atomic E-state index is -0.935. The molecule has 1 saturated heterocycles. The molecule has 2 aromatic carbocycles. The summed E-state index contributed by atoms with van der Waals surface area (Å²) < 4.78 is 5.75. The zero-order chi connectivity index (χ0) is 22.4. The van der Waals surface area contributed by atoms with Gasteiger partial charge in [-0.05, 0) is 23.3 Å². The molecule has 1 aliphatic heterocycles. The number of benzene rings is 2. The molecule has 0 aromatic heterocycles. The summed E-state index contributed by atoms with van der Waals surface area (Å²) in [5, 5.41) is 12.4. The fourth-order valence-electron chi connectivity index (χ4n) is 3.60. The molecule has 2 aromatic rings. The van der Waals surface area contributed by atoms with E-state index >= 15 is 0 Å². The molecule has 0 spiro atoms. The number of aliphatic hydroxyl groups is 1. The minimum Gasteiger partial charge on any atom is -0.489 e. The van der Waals surface area contributed by atoms with Crippen LogP contribution in [0.4, 0.5) is 0 Å². The molecule has 0 radical (unpaired) electrons. The van der Waals surface area contributed by atoms with Crippen LogP contribution in [-0.2, 0) is 27.4 Å². The quantitative estimate of drug-likeness (QED) is 0.576. The van der Waals surface area contributed by atoms with Crippen molar-refractivity contribution < 1.29 is 24.2 Å². The van der Waals surface area contributed by atoms with Crippen molar-refractivity contribution in [2.45, 2.75) is 44.6 Å². The Balaban J connectivity index is 1.59. The van der Waals surface area contributed by atoms with E-state index in [1.807, 2.05) is 42.5 Å². The van der Waals surface area contributed by atoms with E-state index in [1.165, 1.54) is 11.8 Å². The molecular weight excluding hydrogens is 398 g/mol. The first-order valence-electron chi connectivity index (χ1n) is 10.1. The van der Waals surface area contributed by atoms with Gasteiger partial charge >= 0.3 is 0 Å². The summed E-state index contributed by atoms with van der Waals surface area (Å²) in [5.41, 5.74) is 7.34. The van der Waals surface area contributed by atoms with Crippen molar-refractivity contribution in [3.8, 4) is 5.75 Å². The van der Waals surface area contributed by atoms with Crippen LogP contribution in [0.1, 0.15) is 24.5 Å². The number of ether oxygens (including phenoxy) is 1. The third kappa shape index (κ3) is 6.05. The van der Waals surface area contributed by atoms with Crippen LogP contribution in [0.3, 0.4) is 0 Å². The number of nitrogens with two attached hydrogens (primary N) is 1. The van der Waals surface area contributed by atoms with Gasteiger partial charge in [-0.3, -0.25) is 14.4 Å². The summed E-state index contributed by atoms with van der Waals surface area (Å²) in [6.45, 7) is 1.88. The average Bonchev–Trinajstić information content (AvgIpc) is 3.15. The average molecular weight is 425 g/mol. The Morgan fingerprint density at radius 3 is 2.42 bits per heavy atom. The lowest BCUT2D eigenvalue weighted by atomic mass is 10.0. The number of β-amino-alcohol motifs (C(OH)–C–C–N with tert-alkyl or cyclic N) is 1. The topological polar surface area (TPSA) is 122 Å². The number of hydrogen-bond donors (Lipinski definition) is 3. The predicted molar refractivity (Wildman–Crippen MR) is 114 cm³/mol. The van der Waals surface area contributed by atoms with Crippen LogP contribution in [0.2, 0.25) is 0 Å². The van der Waals surface area contributed by atoms with Gasteiger partial charge in [0.25, 0.3) is 0 Å². The van der Waals surface area contributed by atoms with E-state index < -0.39 is 30.0 Å². The van der Waals surface area contributed by atoms with Crippen LogP contribution in [0.15, 0.2) is 54.6 Å². The Labute approximate surface area is 181 Å². The second-order valence-corrected chi connectivity index (χ2v) is 7.66. The lowest BCUT2D eigenvalue weighted by molar-refractivity contribution is -0.138. The van der Waals surface area contributed by atoms with Crippen LogP contribution in [0, 0.1) is 0 Å². The molecule has 0 bridgehead atoms. The zero-order valence-corrected chi connectivity index (χ0v) is 17.4. The van der Waals surface area contributed by atoms with E-state index in [4.69, 9.17) is 10.5 Å². The summed E-state index contributed by atoms with van der Waals surface area (Å²) in [4.78, 5) is 37.6. The van der Waals surface area contributed by atoms with Gasteiger partial charge in [0.1, 0.15) is 24.4 Å². The first kappa shape index (κ1) is 22.3. The van der Waals surface area contributed by atoms with Crippen molar-refractivity contribution >= 4 is 17.7 Å². The molecular formula is C23H27N3O5. The lowest BCUT2D eigenvalue weighted by Gasteiger charge is -2.24. The summed E-state index contributed by atoms with van der Waals surface area (Å²) in [5.74, 6) is -0.799. The maximum absolute atomic E-state index is 12.6. The Morgan fingerprint density at radius 2 is 1.81 bits per heavy atom. The van der Waals surface area contributed by atoms with Gasteiger partial charge in [-0.1, -0.05) is 42.5 Å². The highest BCUT2D eigenvalue weighted by atomic mass is 16.5. The largest absolute Gasteiger partial charge is 0.489 e. The molecule has 8 heteroatoms. The van der Waals surface area contributed by atoms with E-state index in [-0.39, 0.29) is 25.3 Å². The molecule has 1 fully saturated rings.